The van der Waals surface area contributed by atoms with Gasteiger partial charge in [-0.2, -0.15) is 0 Å². The summed E-state index contributed by atoms with van der Waals surface area (Å²) in [6, 6.07) is 6.07. The first-order valence-corrected chi connectivity index (χ1v) is 7.48. The largest absolute Gasteiger partial charge is 0.481 e. The van der Waals surface area contributed by atoms with Gasteiger partial charge in [0.25, 0.3) is 0 Å². The molecule has 1 saturated heterocycles. The number of hydrogen-bond acceptors (Lipinski definition) is 2. The molecule has 1 aromatic rings. The van der Waals surface area contributed by atoms with Crippen LogP contribution in [-0.4, -0.2) is 41.6 Å². The normalized spacial score (nSPS) is 17.1. The number of aliphatic carboxylic acids is 1. The maximum Gasteiger partial charge on any atom is 0.317 e. The highest BCUT2D eigenvalue weighted by Gasteiger charge is 2.26. The molecule has 0 bridgehead atoms. The number of rotatable bonds is 4. The van der Waals surface area contributed by atoms with Crippen molar-refractivity contribution in [1.82, 2.24) is 10.2 Å². The predicted octanol–water partition coefficient (Wildman–Crippen LogP) is 2.44. The number of amides is 2. The van der Waals surface area contributed by atoms with Gasteiger partial charge in [-0.15, -0.1) is 0 Å². The Labute approximate surface area is 129 Å². The average molecular weight is 308 g/mol. The summed E-state index contributed by atoms with van der Waals surface area (Å²) in [5, 5.41) is 11.8. The Balaban J connectivity index is 1.78. The lowest BCUT2D eigenvalue weighted by molar-refractivity contribution is -0.143. The van der Waals surface area contributed by atoms with Crippen molar-refractivity contribution in [2.75, 3.05) is 19.6 Å². The standard InChI is InChI=1S/C16H21FN2O3/c1-11(12-2-4-14(17)5-3-12)10-18-16(22)19-8-6-13(7-9-19)15(20)21/h2-5,11,13H,6-10H2,1H3,(H,18,22)(H,20,21). The fourth-order valence-electron chi connectivity index (χ4n) is 2.59. The fourth-order valence-corrected chi connectivity index (χ4v) is 2.59. The van der Waals surface area contributed by atoms with Gasteiger partial charge in [0.1, 0.15) is 5.82 Å². The van der Waals surface area contributed by atoms with Crippen LogP contribution in [0, 0.1) is 11.7 Å². The van der Waals surface area contributed by atoms with E-state index in [1.807, 2.05) is 6.92 Å². The lowest BCUT2D eigenvalue weighted by Crippen LogP contribution is -2.46. The van der Waals surface area contributed by atoms with Gasteiger partial charge in [-0.05, 0) is 36.5 Å². The van der Waals surface area contributed by atoms with E-state index in [2.05, 4.69) is 5.32 Å². The molecule has 0 radical (unpaired) electrons. The van der Waals surface area contributed by atoms with Gasteiger partial charge in [-0.1, -0.05) is 19.1 Å². The minimum Gasteiger partial charge on any atom is -0.481 e. The van der Waals surface area contributed by atoms with Crippen molar-refractivity contribution >= 4 is 12.0 Å². The van der Waals surface area contributed by atoms with Gasteiger partial charge in [-0.25, -0.2) is 9.18 Å². The molecule has 0 aromatic heterocycles. The van der Waals surface area contributed by atoms with Crippen LogP contribution in [-0.2, 0) is 4.79 Å². The third kappa shape index (κ3) is 4.19. The van der Waals surface area contributed by atoms with Gasteiger partial charge in [-0.3, -0.25) is 4.79 Å². The van der Waals surface area contributed by atoms with E-state index in [4.69, 9.17) is 5.11 Å². The maximum atomic E-state index is 12.9. The molecule has 1 aromatic carbocycles. The molecule has 1 unspecified atom stereocenters. The molecule has 1 aliphatic rings. The van der Waals surface area contributed by atoms with E-state index in [0.29, 0.717) is 32.5 Å². The van der Waals surface area contributed by atoms with Gasteiger partial charge in [0, 0.05) is 19.6 Å². The SMILES string of the molecule is CC(CNC(=O)N1CCC(C(=O)O)CC1)c1ccc(F)cc1. The van der Waals surface area contributed by atoms with Gasteiger partial charge in [0.15, 0.2) is 0 Å². The molecule has 2 rings (SSSR count). The molecule has 0 saturated carbocycles. The summed E-state index contributed by atoms with van der Waals surface area (Å²) < 4.78 is 12.9. The van der Waals surface area contributed by atoms with Crippen LogP contribution in [0.5, 0.6) is 0 Å². The Kier molecular flexibility index (Phi) is 5.35. The number of nitrogens with one attached hydrogen (secondary N) is 1. The third-order valence-electron chi connectivity index (χ3n) is 4.13. The summed E-state index contributed by atoms with van der Waals surface area (Å²) in [5.74, 6) is -1.32. The molecule has 0 spiro atoms. The van der Waals surface area contributed by atoms with E-state index in [1.165, 1.54) is 12.1 Å². The molecular weight excluding hydrogens is 287 g/mol. The minimum absolute atomic E-state index is 0.0844. The number of hydrogen-bond donors (Lipinski definition) is 2. The van der Waals surface area contributed by atoms with Crippen LogP contribution in [0.2, 0.25) is 0 Å². The highest BCUT2D eigenvalue weighted by Crippen LogP contribution is 2.18. The van der Waals surface area contributed by atoms with Gasteiger partial charge in [0.2, 0.25) is 0 Å². The number of nitrogens with zero attached hydrogens (tertiary/aromatic N) is 1. The van der Waals surface area contributed by atoms with Crippen LogP contribution >= 0.6 is 0 Å². The van der Waals surface area contributed by atoms with Gasteiger partial charge >= 0.3 is 12.0 Å². The highest BCUT2D eigenvalue weighted by molar-refractivity contribution is 5.75. The number of likely N-dealkylation sites (tertiary alicyclic amines) is 1. The topological polar surface area (TPSA) is 69.6 Å². The number of urea groups is 1. The second kappa shape index (κ2) is 7.24. The van der Waals surface area contributed by atoms with Crippen molar-refractivity contribution in [3.8, 4) is 0 Å². The number of piperidine rings is 1. The predicted molar refractivity (Wildman–Crippen MR) is 80.1 cm³/mol. The van der Waals surface area contributed by atoms with Crippen molar-refractivity contribution in [1.29, 1.82) is 0 Å². The molecule has 2 amide bonds. The van der Waals surface area contributed by atoms with E-state index in [0.717, 1.165) is 5.56 Å². The molecule has 1 atom stereocenters. The molecule has 22 heavy (non-hydrogen) atoms. The number of halogens is 1. The van der Waals surface area contributed by atoms with E-state index in [9.17, 15) is 14.0 Å². The third-order valence-corrected chi connectivity index (χ3v) is 4.13. The number of benzene rings is 1. The van der Waals surface area contributed by atoms with Crippen LogP contribution in [0.1, 0.15) is 31.2 Å². The molecule has 6 heteroatoms. The molecule has 1 fully saturated rings. The highest BCUT2D eigenvalue weighted by atomic mass is 19.1. The van der Waals surface area contributed by atoms with Crippen molar-refractivity contribution in [3.63, 3.8) is 0 Å². The fraction of sp³-hybridized carbons (Fsp3) is 0.500. The molecule has 0 aliphatic carbocycles. The molecular formula is C16H21FN2O3. The first kappa shape index (κ1) is 16.3. The molecule has 1 aliphatic heterocycles. The van der Waals surface area contributed by atoms with Crippen molar-refractivity contribution in [3.05, 3.63) is 35.6 Å². The number of carboxylic acids is 1. The van der Waals surface area contributed by atoms with E-state index in [1.54, 1.807) is 17.0 Å². The van der Waals surface area contributed by atoms with Gasteiger partial charge in [0.05, 0.1) is 5.92 Å². The first-order chi connectivity index (χ1) is 10.5. The number of carbonyl (C=O) groups is 2. The van der Waals surface area contributed by atoms with Crippen LogP contribution in [0.4, 0.5) is 9.18 Å². The number of carboxylic acid groups (broad SMARTS) is 1. The minimum atomic E-state index is -0.787. The van der Waals surface area contributed by atoms with Crippen LogP contribution < -0.4 is 5.32 Å². The molecule has 120 valence electrons. The van der Waals surface area contributed by atoms with Crippen molar-refractivity contribution in [2.24, 2.45) is 5.92 Å². The van der Waals surface area contributed by atoms with Crippen LogP contribution in [0.15, 0.2) is 24.3 Å². The Morgan fingerprint density at radius 2 is 1.91 bits per heavy atom. The quantitative estimate of drug-likeness (QED) is 0.897. The Morgan fingerprint density at radius 3 is 2.45 bits per heavy atom. The molecule has 2 N–H and O–H groups in total. The van der Waals surface area contributed by atoms with E-state index < -0.39 is 5.97 Å². The summed E-state index contributed by atoms with van der Waals surface area (Å²) in [5.41, 5.74) is 0.964. The smallest absolute Gasteiger partial charge is 0.317 e. The summed E-state index contributed by atoms with van der Waals surface area (Å²) in [4.78, 5) is 24.6. The van der Waals surface area contributed by atoms with E-state index in [-0.39, 0.29) is 23.7 Å². The average Bonchev–Trinajstić information content (AvgIpc) is 2.53. The molecule has 1 heterocycles. The van der Waals surface area contributed by atoms with Gasteiger partial charge < -0.3 is 15.3 Å². The zero-order chi connectivity index (χ0) is 16.1. The van der Waals surface area contributed by atoms with E-state index >= 15 is 0 Å². The zero-order valence-electron chi connectivity index (χ0n) is 12.6. The molecule has 5 nitrogen and oxygen atoms in total. The Morgan fingerprint density at radius 1 is 1.32 bits per heavy atom. The summed E-state index contributed by atoms with van der Waals surface area (Å²) >= 11 is 0. The summed E-state index contributed by atoms with van der Waals surface area (Å²) in [6.45, 7) is 3.36. The zero-order valence-corrected chi connectivity index (χ0v) is 12.6. The lowest BCUT2D eigenvalue weighted by Gasteiger charge is -2.30. The van der Waals surface area contributed by atoms with Crippen molar-refractivity contribution < 1.29 is 19.1 Å². The second-order valence-electron chi connectivity index (χ2n) is 5.74. The summed E-state index contributed by atoms with van der Waals surface area (Å²) in [6.07, 6.45) is 0.993. The number of carbonyl (C=O) groups excluding carboxylic acids is 1. The summed E-state index contributed by atoms with van der Waals surface area (Å²) in [7, 11) is 0. The van der Waals surface area contributed by atoms with Crippen LogP contribution in [0.25, 0.3) is 0 Å². The first-order valence-electron chi connectivity index (χ1n) is 7.48. The second-order valence-corrected chi connectivity index (χ2v) is 5.74. The van der Waals surface area contributed by atoms with Crippen molar-refractivity contribution in [2.45, 2.75) is 25.7 Å². The van der Waals surface area contributed by atoms with Crippen LogP contribution in [0.3, 0.4) is 0 Å². The maximum absolute atomic E-state index is 12.9. The monoisotopic (exact) mass is 308 g/mol. The lowest BCUT2D eigenvalue weighted by atomic mass is 9.97. The Bertz CT molecular complexity index is 525. The Hall–Kier alpha value is -2.11.